The summed E-state index contributed by atoms with van der Waals surface area (Å²) in [6, 6.07) is 4.40. The molecule has 0 unspecified atom stereocenters. The molecular formula is C20H26N4O. The Labute approximate surface area is 149 Å². The molecule has 1 amide bonds. The quantitative estimate of drug-likeness (QED) is 0.859. The first-order valence-electron chi connectivity index (χ1n) is 9.36. The zero-order chi connectivity index (χ0) is 17.4. The Kier molecular flexibility index (Phi) is 4.32. The molecule has 0 N–H and O–H groups in total. The molecule has 1 aliphatic heterocycles. The van der Waals surface area contributed by atoms with Gasteiger partial charge in [-0.05, 0) is 36.8 Å². The van der Waals surface area contributed by atoms with E-state index in [1.807, 2.05) is 18.5 Å². The highest BCUT2D eigenvalue weighted by Gasteiger charge is 2.46. The fraction of sp³-hybridized carbons (Fsp3) is 0.550. The van der Waals surface area contributed by atoms with E-state index < -0.39 is 0 Å². The number of imidazole rings is 1. The summed E-state index contributed by atoms with van der Waals surface area (Å²) in [5.74, 6) is 2.36. The van der Waals surface area contributed by atoms with Crippen LogP contribution in [-0.2, 0) is 4.79 Å². The molecule has 5 heteroatoms. The number of piperidine rings is 1. The van der Waals surface area contributed by atoms with Crippen molar-refractivity contribution in [2.75, 3.05) is 13.1 Å². The van der Waals surface area contributed by atoms with Crippen molar-refractivity contribution in [2.24, 2.45) is 5.92 Å². The molecule has 132 valence electrons. The van der Waals surface area contributed by atoms with Crippen LogP contribution in [0, 0.1) is 5.92 Å². The van der Waals surface area contributed by atoms with Gasteiger partial charge in [-0.15, -0.1) is 0 Å². The van der Waals surface area contributed by atoms with E-state index in [4.69, 9.17) is 0 Å². The van der Waals surface area contributed by atoms with Crippen LogP contribution in [0.1, 0.15) is 62.4 Å². The van der Waals surface area contributed by atoms with Crippen molar-refractivity contribution < 1.29 is 4.79 Å². The average molecular weight is 338 g/mol. The Bertz CT molecular complexity index is 739. The largest absolute Gasteiger partial charge is 0.340 e. The summed E-state index contributed by atoms with van der Waals surface area (Å²) in [4.78, 5) is 23.7. The molecule has 2 aromatic rings. The second-order valence-electron chi connectivity index (χ2n) is 7.66. The minimum Gasteiger partial charge on any atom is -0.340 e. The molecule has 0 bridgehead atoms. The number of pyridine rings is 1. The van der Waals surface area contributed by atoms with Crippen LogP contribution in [0.4, 0.5) is 0 Å². The lowest BCUT2D eigenvalue weighted by Gasteiger charge is -2.34. The normalized spacial score (nSPS) is 26.0. The Morgan fingerprint density at radius 2 is 2.20 bits per heavy atom. The van der Waals surface area contributed by atoms with Gasteiger partial charge < -0.3 is 9.47 Å². The SMILES string of the molecule is CC(C)c1nccn1[C@@H]1CCCN(C(=O)[C@H]2C[C@@H]2c2cccnc2)C1. The summed E-state index contributed by atoms with van der Waals surface area (Å²) >= 11 is 0. The van der Waals surface area contributed by atoms with Crippen LogP contribution in [-0.4, -0.2) is 38.4 Å². The third-order valence-electron chi connectivity index (χ3n) is 5.54. The van der Waals surface area contributed by atoms with Crippen LogP contribution in [0.15, 0.2) is 36.9 Å². The maximum absolute atomic E-state index is 13.0. The van der Waals surface area contributed by atoms with Crippen molar-refractivity contribution in [3.63, 3.8) is 0 Å². The summed E-state index contributed by atoms with van der Waals surface area (Å²) < 4.78 is 2.29. The summed E-state index contributed by atoms with van der Waals surface area (Å²) in [6.45, 7) is 6.04. The lowest BCUT2D eigenvalue weighted by Crippen LogP contribution is -2.42. The van der Waals surface area contributed by atoms with Crippen LogP contribution < -0.4 is 0 Å². The molecular weight excluding hydrogens is 312 g/mol. The first kappa shape index (κ1) is 16.3. The molecule has 2 aliphatic rings. The number of carbonyl (C=O) groups excluding carboxylic acids is 1. The summed E-state index contributed by atoms with van der Waals surface area (Å²) in [7, 11) is 0. The monoisotopic (exact) mass is 338 g/mol. The van der Waals surface area contributed by atoms with Gasteiger partial charge in [-0.1, -0.05) is 19.9 Å². The summed E-state index contributed by atoms with van der Waals surface area (Å²) in [5.41, 5.74) is 1.20. The Hall–Kier alpha value is -2.17. The fourth-order valence-corrected chi connectivity index (χ4v) is 4.13. The zero-order valence-corrected chi connectivity index (χ0v) is 15.0. The Morgan fingerprint density at radius 3 is 2.96 bits per heavy atom. The van der Waals surface area contributed by atoms with Gasteiger partial charge in [0.25, 0.3) is 0 Å². The molecule has 5 nitrogen and oxygen atoms in total. The number of aromatic nitrogens is 3. The maximum Gasteiger partial charge on any atom is 0.226 e. The highest BCUT2D eigenvalue weighted by Crippen LogP contribution is 2.48. The van der Waals surface area contributed by atoms with Crippen LogP contribution in [0.25, 0.3) is 0 Å². The number of hydrogen-bond donors (Lipinski definition) is 0. The van der Waals surface area contributed by atoms with Crippen LogP contribution in [0.2, 0.25) is 0 Å². The number of carbonyl (C=O) groups is 1. The average Bonchev–Trinajstić information content (AvgIpc) is 3.29. The van der Waals surface area contributed by atoms with Gasteiger partial charge in [0.1, 0.15) is 5.82 Å². The third kappa shape index (κ3) is 3.20. The van der Waals surface area contributed by atoms with Gasteiger partial charge >= 0.3 is 0 Å². The number of likely N-dealkylation sites (tertiary alicyclic amines) is 1. The van der Waals surface area contributed by atoms with Crippen molar-refractivity contribution in [3.8, 4) is 0 Å². The molecule has 0 aromatic carbocycles. The van der Waals surface area contributed by atoms with E-state index in [1.54, 1.807) is 6.20 Å². The van der Waals surface area contributed by atoms with E-state index in [2.05, 4.69) is 45.5 Å². The topological polar surface area (TPSA) is 51.0 Å². The van der Waals surface area contributed by atoms with Gasteiger partial charge in [-0.25, -0.2) is 4.98 Å². The van der Waals surface area contributed by atoms with E-state index in [9.17, 15) is 4.79 Å². The van der Waals surface area contributed by atoms with Gasteiger partial charge in [0.15, 0.2) is 0 Å². The lowest BCUT2D eigenvalue weighted by atomic mass is 10.0. The minimum absolute atomic E-state index is 0.148. The van der Waals surface area contributed by atoms with Crippen molar-refractivity contribution in [3.05, 3.63) is 48.3 Å². The van der Waals surface area contributed by atoms with E-state index in [0.29, 0.717) is 23.8 Å². The van der Waals surface area contributed by atoms with E-state index in [1.165, 1.54) is 5.56 Å². The van der Waals surface area contributed by atoms with E-state index >= 15 is 0 Å². The smallest absolute Gasteiger partial charge is 0.226 e. The Balaban J connectivity index is 1.43. The van der Waals surface area contributed by atoms with Gasteiger partial charge in [0.05, 0.1) is 6.04 Å². The van der Waals surface area contributed by atoms with Crippen LogP contribution in [0.3, 0.4) is 0 Å². The molecule has 3 heterocycles. The van der Waals surface area contributed by atoms with Gasteiger partial charge in [0, 0.05) is 49.7 Å². The molecule has 1 saturated carbocycles. The number of nitrogens with zero attached hydrogens (tertiary/aromatic N) is 4. The minimum atomic E-state index is 0.148. The summed E-state index contributed by atoms with van der Waals surface area (Å²) in [5, 5.41) is 0. The molecule has 1 saturated heterocycles. The van der Waals surface area contributed by atoms with E-state index in [-0.39, 0.29) is 5.92 Å². The summed E-state index contributed by atoms with van der Waals surface area (Å²) in [6.07, 6.45) is 10.8. The lowest BCUT2D eigenvalue weighted by molar-refractivity contribution is -0.134. The third-order valence-corrected chi connectivity index (χ3v) is 5.54. The maximum atomic E-state index is 13.0. The Morgan fingerprint density at radius 1 is 1.32 bits per heavy atom. The van der Waals surface area contributed by atoms with Crippen LogP contribution >= 0.6 is 0 Å². The van der Waals surface area contributed by atoms with Gasteiger partial charge in [-0.3, -0.25) is 9.78 Å². The first-order chi connectivity index (χ1) is 12.1. The number of rotatable bonds is 4. The number of hydrogen-bond acceptors (Lipinski definition) is 3. The first-order valence-corrected chi connectivity index (χ1v) is 9.36. The predicted octanol–water partition coefficient (Wildman–Crippen LogP) is 3.37. The molecule has 4 rings (SSSR count). The zero-order valence-electron chi connectivity index (χ0n) is 15.0. The molecule has 0 spiro atoms. The molecule has 3 atom stereocenters. The predicted molar refractivity (Wildman–Crippen MR) is 96.3 cm³/mol. The second-order valence-corrected chi connectivity index (χ2v) is 7.66. The highest BCUT2D eigenvalue weighted by atomic mass is 16.2. The van der Waals surface area contributed by atoms with Gasteiger partial charge in [-0.2, -0.15) is 0 Å². The molecule has 0 radical (unpaired) electrons. The van der Waals surface area contributed by atoms with Crippen LogP contribution in [0.5, 0.6) is 0 Å². The molecule has 1 aliphatic carbocycles. The van der Waals surface area contributed by atoms with Crippen molar-refractivity contribution in [2.45, 2.75) is 51.0 Å². The van der Waals surface area contributed by atoms with E-state index in [0.717, 1.165) is 38.2 Å². The molecule has 2 aromatic heterocycles. The van der Waals surface area contributed by atoms with Crippen molar-refractivity contribution >= 4 is 5.91 Å². The second kappa shape index (κ2) is 6.62. The molecule has 2 fully saturated rings. The highest BCUT2D eigenvalue weighted by molar-refractivity contribution is 5.83. The van der Waals surface area contributed by atoms with Crippen molar-refractivity contribution in [1.29, 1.82) is 0 Å². The molecule has 25 heavy (non-hydrogen) atoms. The van der Waals surface area contributed by atoms with Crippen molar-refractivity contribution in [1.82, 2.24) is 19.4 Å². The standard InChI is InChI=1S/C20H26N4O/c1-14(2)19-22-8-10-24(19)16-6-4-9-23(13-16)20(25)18-11-17(18)15-5-3-7-21-12-15/h3,5,7-8,10,12,14,16-18H,4,6,9,11,13H2,1-2H3/t16-,17-,18+/m1/s1. The fourth-order valence-electron chi connectivity index (χ4n) is 4.13. The van der Waals surface area contributed by atoms with Gasteiger partial charge in [0.2, 0.25) is 5.91 Å². The number of amides is 1.